The molecule has 0 aliphatic heterocycles. The van der Waals surface area contributed by atoms with Crippen LogP contribution in [0.25, 0.3) is 0 Å². The van der Waals surface area contributed by atoms with E-state index in [4.69, 9.17) is 5.73 Å². The van der Waals surface area contributed by atoms with Crippen molar-refractivity contribution in [1.29, 1.82) is 0 Å². The van der Waals surface area contributed by atoms with Crippen LogP contribution in [-0.4, -0.2) is 11.9 Å². The van der Waals surface area contributed by atoms with Crippen molar-refractivity contribution in [1.82, 2.24) is 4.90 Å². The lowest BCUT2D eigenvalue weighted by molar-refractivity contribution is 0.318. The molecule has 0 aromatic heterocycles. The maximum atomic E-state index is 13.1. The van der Waals surface area contributed by atoms with Gasteiger partial charge in [0.2, 0.25) is 0 Å². The van der Waals surface area contributed by atoms with E-state index in [1.807, 2.05) is 36.2 Å². The molecule has 0 heterocycles. The van der Waals surface area contributed by atoms with Gasteiger partial charge in [-0.15, -0.1) is 0 Å². The van der Waals surface area contributed by atoms with Crippen molar-refractivity contribution in [2.75, 3.05) is 12.8 Å². The molecule has 0 amide bonds. The van der Waals surface area contributed by atoms with Crippen molar-refractivity contribution in [3.05, 3.63) is 65.2 Å². The van der Waals surface area contributed by atoms with Crippen LogP contribution in [0.4, 0.5) is 14.5 Å². The van der Waals surface area contributed by atoms with Crippen LogP contribution in [0.15, 0.2) is 42.5 Å². The molecule has 0 bridgehead atoms. The zero-order chi connectivity index (χ0) is 13.8. The summed E-state index contributed by atoms with van der Waals surface area (Å²) in [4.78, 5) is 2.00. The van der Waals surface area contributed by atoms with Crippen LogP contribution in [0, 0.1) is 11.6 Å². The summed E-state index contributed by atoms with van der Waals surface area (Å²) in [7, 11) is 1.91. The fraction of sp³-hybridized carbons (Fsp3) is 0.200. The summed E-state index contributed by atoms with van der Waals surface area (Å²) < 4.78 is 25.9. The predicted molar refractivity (Wildman–Crippen MR) is 72.4 cm³/mol. The standard InChI is InChI=1S/C15H16F2N2/c1-19(10-12-4-2-3-5-15(12)18)9-11-6-7-13(16)14(17)8-11/h2-8H,9-10,18H2,1H3. The van der Waals surface area contributed by atoms with Crippen LogP contribution in [0.2, 0.25) is 0 Å². The summed E-state index contributed by atoms with van der Waals surface area (Å²) in [5.74, 6) is -1.64. The topological polar surface area (TPSA) is 29.3 Å². The average Bonchev–Trinajstić information content (AvgIpc) is 2.37. The van der Waals surface area contributed by atoms with Gasteiger partial charge in [-0.25, -0.2) is 8.78 Å². The lowest BCUT2D eigenvalue weighted by atomic mass is 10.1. The second-order valence-corrected chi connectivity index (χ2v) is 4.62. The van der Waals surface area contributed by atoms with Crippen molar-refractivity contribution >= 4 is 5.69 Å². The number of rotatable bonds is 4. The number of hydrogen-bond donors (Lipinski definition) is 1. The Morgan fingerprint density at radius 2 is 1.74 bits per heavy atom. The minimum absolute atomic E-state index is 0.533. The summed E-state index contributed by atoms with van der Waals surface area (Å²) in [5.41, 5.74) is 8.36. The van der Waals surface area contributed by atoms with Gasteiger partial charge in [0.15, 0.2) is 11.6 Å². The Kier molecular flexibility index (Phi) is 4.12. The number of halogens is 2. The number of benzene rings is 2. The summed E-state index contributed by atoms with van der Waals surface area (Å²) >= 11 is 0. The van der Waals surface area contributed by atoms with Crippen molar-refractivity contribution in [2.24, 2.45) is 0 Å². The Bertz CT molecular complexity index is 570. The molecular weight excluding hydrogens is 246 g/mol. The Morgan fingerprint density at radius 1 is 1.00 bits per heavy atom. The zero-order valence-electron chi connectivity index (χ0n) is 10.7. The van der Waals surface area contributed by atoms with Crippen LogP contribution < -0.4 is 5.73 Å². The van der Waals surface area contributed by atoms with Crippen LogP contribution in [0.5, 0.6) is 0 Å². The van der Waals surface area contributed by atoms with Crippen molar-refractivity contribution in [2.45, 2.75) is 13.1 Å². The minimum atomic E-state index is -0.821. The van der Waals surface area contributed by atoms with Gasteiger partial charge in [-0.2, -0.15) is 0 Å². The first kappa shape index (κ1) is 13.5. The third-order valence-corrected chi connectivity index (χ3v) is 2.93. The molecule has 2 aromatic carbocycles. The first-order valence-corrected chi connectivity index (χ1v) is 6.02. The molecule has 0 saturated carbocycles. The first-order valence-electron chi connectivity index (χ1n) is 6.02. The normalized spacial score (nSPS) is 10.9. The van der Waals surface area contributed by atoms with Gasteiger partial charge in [-0.3, -0.25) is 4.90 Å². The van der Waals surface area contributed by atoms with Crippen molar-refractivity contribution in [3.63, 3.8) is 0 Å². The van der Waals surface area contributed by atoms with E-state index in [2.05, 4.69) is 0 Å². The Balaban J connectivity index is 2.03. The maximum Gasteiger partial charge on any atom is 0.159 e. The monoisotopic (exact) mass is 262 g/mol. The zero-order valence-corrected chi connectivity index (χ0v) is 10.7. The predicted octanol–water partition coefficient (Wildman–Crippen LogP) is 3.18. The minimum Gasteiger partial charge on any atom is -0.398 e. The van der Waals surface area contributed by atoms with Crippen LogP contribution >= 0.6 is 0 Å². The molecule has 0 fully saturated rings. The van der Waals surface area contributed by atoms with E-state index in [0.717, 1.165) is 22.9 Å². The third kappa shape index (κ3) is 3.51. The maximum absolute atomic E-state index is 13.1. The molecule has 2 aromatic rings. The highest BCUT2D eigenvalue weighted by Gasteiger charge is 2.07. The highest BCUT2D eigenvalue weighted by atomic mass is 19.2. The largest absolute Gasteiger partial charge is 0.398 e. The summed E-state index contributed by atoms with van der Waals surface area (Å²) in [5, 5.41) is 0. The smallest absolute Gasteiger partial charge is 0.159 e. The molecule has 0 unspecified atom stereocenters. The van der Waals surface area contributed by atoms with E-state index in [0.29, 0.717) is 13.1 Å². The Morgan fingerprint density at radius 3 is 2.42 bits per heavy atom. The van der Waals surface area contributed by atoms with E-state index in [1.165, 1.54) is 6.07 Å². The number of hydrogen-bond acceptors (Lipinski definition) is 2. The molecule has 0 aliphatic carbocycles. The van der Waals surface area contributed by atoms with Gasteiger partial charge < -0.3 is 5.73 Å². The second-order valence-electron chi connectivity index (χ2n) is 4.62. The lowest BCUT2D eigenvalue weighted by Gasteiger charge is -2.18. The molecule has 4 heteroatoms. The molecule has 19 heavy (non-hydrogen) atoms. The highest BCUT2D eigenvalue weighted by molar-refractivity contribution is 5.46. The number of nitrogen functional groups attached to an aromatic ring is 1. The number of anilines is 1. The highest BCUT2D eigenvalue weighted by Crippen LogP contribution is 2.15. The average molecular weight is 262 g/mol. The quantitative estimate of drug-likeness (QED) is 0.857. The Labute approximate surface area is 111 Å². The van der Waals surface area contributed by atoms with Gasteiger partial charge in [-0.1, -0.05) is 24.3 Å². The van der Waals surface area contributed by atoms with Gasteiger partial charge >= 0.3 is 0 Å². The van der Waals surface area contributed by atoms with Crippen LogP contribution in [0.1, 0.15) is 11.1 Å². The fourth-order valence-electron chi connectivity index (χ4n) is 1.97. The van der Waals surface area contributed by atoms with Gasteiger partial charge in [0.05, 0.1) is 0 Å². The van der Waals surface area contributed by atoms with Gasteiger partial charge in [-0.05, 0) is 36.4 Å². The molecule has 2 N–H and O–H groups in total. The van der Waals surface area contributed by atoms with Gasteiger partial charge in [0.1, 0.15) is 0 Å². The Hall–Kier alpha value is -1.94. The molecule has 100 valence electrons. The molecule has 2 nitrogen and oxygen atoms in total. The molecular formula is C15H16F2N2. The summed E-state index contributed by atoms with van der Waals surface area (Å²) in [6.07, 6.45) is 0. The van der Waals surface area contributed by atoms with E-state index < -0.39 is 11.6 Å². The third-order valence-electron chi connectivity index (χ3n) is 2.93. The summed E-state index contributed by atoms with van der Waals surface area (Å²) in [6, 6.07) is 11.6. The lowest BCUT2D eigenvalue weighted by Crippen LogP contribution is -2.18. The SMILES string of the molecule is CN(Cc1ccc(F)c(F)c1)Cc1ccccc1N. The van der Waals surface area contributed by atoms with Crippen LogP contribution in [-0.2, 0) is 13.1 Å². The molecule has 0 spiro atoms. The van der Waals surface area contributed by atoms with Crippen molar-refractivity contribution in [3.8, 4) is 0 Å². The molecule has 0 saturated heterocycles. The molecule has 0 atom stereocenters. The first-order chi connectivity index (χ1) is 9.06. The van der Waals surface area contributed by atoms with Gasteiger partial charge in [0.25, 0.3) is 0 Å². The molecule has 2 rings (SSSR count). The van der Waals surface area contributed by atoms with E-state index >= 15 is 0 Å². The van der Waals surface area contributed by atoms with Crippen molar-refractivity contribution < 1.29 is 8.78 Å². The summed E-state index contributed by atoms with van der Waals surface area (Å²) in [6.45, 7) is 1.19. The van der Waals surface area contributed by atoms with E-state index in [-0.39, 0.29) is 0 Å². The van der Waals surface area contributed by atoms with Gasteiger partial charge in [0, 0.05) is 18.8 Å². The van der Waals surface area contributed by atoms with E-state index in [9.17, 15) is 8.78 Å². The molecule has 0 radical (unpaired) electrons. The number of para-hydroxylation sites is 1. The number of nitrogens with two attached hydrogens (primary N) is 1. The van der Waals surface area contributed by atoms with Crippen LogP contribution in [0.3, 0.4) is 0 Å². The fourth-order valence-corrected chi connectivity index (χ4v) is 1.97. The van der Waals surface area contributed by atoms with E-state index in [1.54, 1.807) is 6.07 Å². The second kappa shape index (κ2) is 5.80. The number of nitrogens with zero attached hydrogens (tertiary/aromatic N) is 1. The molecule has 0 aliphatic rings.